The maximum absolute atomic E-state index is 13.2. The van der Waals surface area contributed by atoms with Crippen LogP contribution in [0.1, 0.15) is 11.1 Å². The van der Waals surface area contributed by atoms with E-state index in [1.165, 1.54) is 30.3 Å². The van der Waals surface area contributed by atoms with Gasteiger partial charge in [0.05, 0.1) is 22.4 Å². The molecule has 1 amide bonds. The van der Waals surface area contributed by atoms with E-state index >= 15 is 0 Å². The molecular weight excluding hydrogens is 570 g/mol. The normalized spacial score (nSPS) is 12.0. The summed E-state index contributed by atoms with van der Waals surface area (Å²) in [5, 5.41) is 3.58. The second-order valence-corrected chi connectivity index (χ2v) is 9.79. The smallest absolute Gasteiger partial charge is 0.271 e. The molecule has 3 aromatic carbocycles. The van der Waals surface area contributed by atoms with Crippen LogP contribution in [0, 0.1) is 3.57 Å². The van der Waals surface area contributed by atoms with E-state index < -0.39 is 34.2 Å². The fourth-order valence-electron chi connectivity index (χ4n) is 2.85. The van der Waals surface area contributed by atoms with Gasteiger partial charge in [0, 0.05) is 9.13 Å². The van der Waals surface area contributed by atoms with Crippen molar-refractivity contribution in [1.82, 2.24) is 5.43 Å². The SMILES string of the molecule is O=C(CN(c1ccc(I)cc1)S(=O)(=O)c1ccccc1)N/N=C\c1ccccc1C(F)(F)F. The van der Waals surface area contributed by atoms with Crippen molar-refractivity contribution < 1.29 is 26.4 Å². The molecule has 1 N–H and O–H groups in total. The highest BCUT2D eigenvalue weighted by Crippen LogP contribution is 2.31. The molecule has 11 heteroatoms. The fourth-order valence-corrected chi connectivity index (χ4v) is 4.65. The second-order valence-electron chi connectivity index (χ2n) is 6.68. The highest BCUT2D eigenvalue weighted by molar-refractivity contribution is 14.1. The van der Waals surface area contributed by atoms with Gasteiger partial charge in [0.2, 0.25) is 0 Å². The first-order valence-corrected chi connectivity index (χ1v) is 11.9. The molecule has 3 aromatic rings. The van der Waals surface area contributed by atoms with Gasteiger partial charge in [-0.05, 0) is 65.1 Å². The number of rotatable bonds is 7. The first-order chi connectivity index (χ1) is 15.6. The molecule has 0 saturated carbocycles. The van der Waals surface area contributed by atoms with Crippen LogP contribution in [-0.4, -0.2) is 27.1 Å². The van der Waals surface area contributed by atoms with Crippen LogP contribution in [0.25, 0.3) is 0 Å². The number of carbonyl (C=O) groups is 1. The minimum absolute atomic E-state index is 0.0149. The zero-order chi connectivity index (χ0) is 24.1. The van der Waals surface area contributed by atoms with Crippen molar-refractivity contribution >= 4 is 50.4 Å². The van der Waals surface area contributed by atoms with Gasteiger partial charge in [-0.1, -0.05) is 36.4 Å². The summed E-state index contributed by atoms with van der Waals surface area (Å²) < 4.78 is 67.4. The first kappa shape index (κ1) is 24.7. The van der Waals surface area contributed by atoms with E-state index in [4.69, 9.17) is 0 Å². The molecular formula is C22H17F3IN3O3S. The summed E-state index contributed by atoms with van der Waals surface area (Å²) in [5.41, 5.74) is 1.20. The van der Waals surface area contributed by atoms with Crippen LogP contribution < -0.4 is 9.73 Å². The lowest BCUT2D eigenvalue weighted by molar-refractivity contribution is -0.137. The topological polar surface area (TPSA) is 78.8 Å². The van der Waals surface area contributed by atoms with Gasteiger partial charge >= 0.3 is 6.18 Å². The Morgan fingerprint density at radius 3 is 2.21 bits per heavy atom. The minimum Gasteiger partial charge on any atom is -0.271 e. The average molecular weight is 587 g/mol. The van der Waals surface area contributed by atoms with Gasteiger partial charge in [-0.25, -0.2) is 13.8 Å². The standard InChI is InChI=1S/C22H17F3IN3O3S/c23-22(24,25)20-9-5-4-6-16(20)14-27-28-21(30)15-29(18-12-10-17(26)11-13-18)33(31,32)19-7-2-1-3-8-19/h1-14H,15H2,(H,28,30)/b27-14-. The van der Waals surface area contributed by atoms with Gasteiger partial charge in [-0.3, -0.25) is 9.10 Å². The van der Waals surface area contributed by atoms with Crippen molar-refractivity contribution in [2.45, 2.75) is 11.1 Å². The number of hydrogen-bond donors (Lipinski definition) is 1. The Bertz CT molecular complexity index is 1250. The number of sulfonamides is 1. The Balaban J connectivity index is 1.83. The molecule has 0 aliphatic carbocycles. The number of hydrogen-bond acceptors (Lipinski definition) is 4. The van der Waals surface area contributed by atoms with Crippen molar-refractivity contribution in [1.29, 1.82) is 0 Å². The number of carbonyl (C=O) groups excluding carboxylic acids is 1. The van der Waals surface area contributed by atoms with Gasteiger partial charge in [-0.2, -0.15) is 18.3 Å². The lowest BCUT2D eigenvalue weighted by Gasteiger charge is -2.23. The maximum Gasteiger partial charge on any atom is 0.417 e. The molecule has 0 bridgehead atoms. The molecule has 0 aromatic heterocycles. The van der Waals surface area contributed by atoms with Crippen LogP contribution in [0.3, 0.4) is 0 Å². The summed E-state index contributed by atoms with van der Waals surface area (Å²) >= 11 is 2.06. The number of amides is 1. The molecule has 172 valence electrons. The molecule has 0 radical (unpaired) electrons. The van der Waals surface area contributed by atoms with Crippen LogP contribution in [-0.2, 0) is 21.0 Å². The molecule has 6 nitrogen and oxygen atoms in total. The molecule has 0 fully saturated rings. The number of benzene rings is 3. The molecule has 0 atom stereocenters. The van der Waals surface area contributed by atoms with E-state index in [9.17, 15) is 26.4 Å². The monoisotopic (exact) mass is 587 g/mol. The van der Waals surface area contributed by atoms with Gasteiger partial charge in [0.25, 0.3) is 15.9 Å². The Kier molecular flexibility index (Phi) is 7.74. The third kappa shape index (κ3) is 6.32. The summed E-state index contributed by atoms with van der Waals surface area (Å²) in [4.78, 5) is 12.5. The molecule has 0 unspecified atom stereocenters. The van der Waals surface area contributed by atoms with E-state index in [0.717, 1.165) is 20.2 Å². The zero-order valence-corrected chi connectivity index (χ0v) is 19.8. The minimum atomic E-state index is -4.59. The number of hydrazone groups is 1. The molecule has 0 saturated heterocycles. The number of nitrogens with one attached hydrogen (secondary N) is 1. The predicted octanol–water partition coefficient (Wildman–Crippen LogP) is 4.66. The first-order valence-electron chi connectivity index (χ1n) is 9.40. The maximum atomic E-state index is 13.2. The molecule has 3 rings (SSSR count). The van der Waals surface area contributed by atoms with Crippen LogP contribution >= 0.6 is 22.6 Å². The molecule has 0 aliphatic rings. The molecule has 33 heavy (non-hydrogen) atoms. The summed E-state index contributed by atoms with van der Waals surface area (Å²) in [7, 11) is -4.10. The third-order valence-electron chi connectivity index (χ3n) is 4.39. The van der Waals surface area contributed by atoms with Crippen molar-refractivity contribution in [2.75, 3.05) is 10.8 Å². The van der Waals surface area contributed by atoms with Crippen molar-refractivity contribution in [3.63, 3.8) is 0 Å². The zero-order valence-electron chi connectivity index (χ0n) is 16.8. The summed E-state index contributed by atoms with van der Waals surface area (Å²) in [6.45, 7) is -0.629. The quantitative estimate of drug-likeness (QED) is 0.248. The van der Waals surface area contributed by atoms with Gasteiger partial charge < -0.3 is 0 Å². The van der Waals surface area contributed by atoms with E-state index in [1.807, 2.05) is 0 Å². The Hall–Kier alpha value is -2.93. The van der Waals surface area contributed by atoms with Gasteiger partial charge in [-0.15, -0.1) is 0 Å². The van der Waals surface area contributed by atoms with Crippen LogP contribution in [0.2, 0.25) is 0 Å². The third-order valence-corrected chi connectivity index (χ3v) is 6.90. The highest BCUT2D eigenvalue weighted by atomic mass is 127. The van der Waals surface area contributed by atoms with Crippen molar-refractivity contribution in [3.8, 4) is 0 Å². The van der Waals surface area contributed by atoms with E-state index in [0.29, 0.717) is 0 Å². The predicted molar refractivity (Wildman–Crippen MR) is 127 cm³/mol. The Morgan fingerprint density at radius 2 is 1.58 bits per heavy atom. The van der Waals surface area contributed by atoms with Crippen molar-refractivity contribution in [3.05, 3.63) is 93.6 Å². The van der Waals surface area contributed by atoms with Crippen LogP contribution in [0.15, 0.2) is 88.9 Å². The highest BCUT2D eigenvalue weighted by Gasteiger charge is 2.32. The van der Waals surface area contributed by atoms with Crippen LogP contribution in [0.4, 0.5) is 18.9 Å². The van der Waals surface area contributed by atoms with Gasteiger partial charge in [0.1, 0.15) is 6.54 Å². The lowest BCUT2D eigenvalue weighted by Crippen LogP contribution is -2.39. The van der Waals surface area contributed by atoms with Crippen LogP contribution in [0.5, 0.6) is 0 Å². The Labute approximate surface area is 202 Å². The van der Waals surface area contributed by atoms with E-state index in [-0.39, 0.29) is 16.1 Å². The van der Waals surface area contributed by atoms with Crippen molar-refractivity contribution in [2.24, 2.45) is 5.10 Å². The number of nitrogens with zero attached hydrogens (tertiary/aromatic N) is 2. The van der Waals surface area contributed by atoms with E-state index in [1.54, 1.807) is 42.5 Å². The molecule has 0 spiro atoms. The number of anilines is 1. The fraction of sp³-hybridized carbons (Fsp3) is 0.0909. The molecule has 0 aliphatic heterocycles. The number of alkyl halides is 3. The Morgan fingerprint density at radius 1 is 0.970 bits per heavy atom. The summed E-state index contributed by atoms with van der Waals surface area (Å²) in [6, 6.07) is 18.8. The number of halogens is 4. The largest absolute Gasteiger partial charge is 0.417 e. The summed E-state index contributed by atoms with van der Waals surface area (Å²) in [6.07, 6.45) is -3.72. The molecule has 0 heterocycles. The average Bonchev–Trinajstić information content (AvgIpc) is 2.78. The summed E-state index contributed by atoms with van der Waals surface area (Å²) in [5.74, 6) is -0.825. The second kappa shape index (κ2) is 10.3. The lowest BCUT2D eigenvalue weighted by atomic mass is 10.1. The van der Waals surface area contributed by atoms with Gasteiger partial charge in [0.15, 0.2) is 0 Å². The van der Waals surface area contributed by atoms with E-state index in [2.05, 4.69) is 33.1 Å².